The lowest BCUT2D eigenvalue weighted by Crippen LogP contribution is -2.49. The first kappa shape index (κ1) is 14.0. The third-order valence-electron chi connectivity index (χ3n) is 2.12. The van der Waals surface area contributed by atoms with Crippen molar-refractivity contribution in [3.63, 3.8) is 0 Å². The summed E-state index contributed by atoms with van der Waals surface area (Å²) >= 11 is 4.75. The van der Waals surface area contributed by atoms with Gasteiger partial charge in [0.15, 0.2) is 0 Å². The first-order chi connectivity index (χ1) is 7.91. The minimum atomic E-state index is -0.674. The molecule has 0 fully saturated rings. The lowest BCUT2D eigenvalue weighted by atomic mass is 10.0. The number of thiophene rings is 1. The van der Waals surface area contributed by atoms with Crippen molar-refractivity contribution in [2.75, 3.05) is 5.32 Å². The topological polar surface area (TPSA) is 84.2 Å². The van der Waals surface area contributed by atoms with Crippen LogP contribution < -0.4 is 16.4 Å². The quantitative estimate of drug-likeness (QED) is 0.794. The molecular weight excluding hydrogens is 306 g/mol. The van der Waals surface area contributed by atoms with E-state index in [1.165, 1.54) is 11.3 Å². The molecule has 7 heteroatoms. The molecule has 5 nitrogen and oxygen atoms in total. The number of halogens is 1. The highest BCUT2D eigenvalue weighted by atomic mass is 79.9. The molecule has 0 radical (unpaired) electrons. The molecule has 3 amide bonds. The lowest BCUT2D eigenvalue weighted by molar-refractivity contribution is -0.120. The van der Waals surface area contributed by atoms with Gasteiger partial charge >= 0.3 is 6.03 Å². The van der Waals surface area contributed by atoms with Crippen LogP contribution in [0.5, 0.6) is 0 Å². The highest BCUT2D eigenvalue weighted by Crippen LogP contribution is 2.26. The van der Waals surface area contributed by atoms with E-state index < -0.39 is 18.0 Å². The minimum absolute atomic E-state index is 0.0517. The van der Waals surface area contributed by atoms with E-state index in [1.54, 1.807) is 5.38 Å². The number of hydrogen-bond acceptors (Lipinski definition) is 3. The molecule has 0 aromatic carbocycles. The Morgan fingerprint density at radius 3 is 2.47 bits per heavy atom. The van der Waals surface area contributed by atoms with Crippen LogP contribution in [0.1, 0.15) is 13.8 Å². The molecule has 0 bridgehead atoms. The zero-order valence-electron chi connectivity index (χ0n) is 9.49. The molecule has 0 spiro atoms. The number of hydrogen-bond donors (Lipinski definition) is 3. The maximum Gasteiger partial charge on any atom is 0.319 e. The largest absolute Gasteiger partial charge is 0.368 e. The molecule has 1 atom stereocenters. The Morgan fingerprint density at radius 1 is 1.41 bits per heavy atom. The van der Waals surface area contributed by atoms with E-state index in [0.717, 1.165) is 4.47 Å². The van der Waals surface area contributed by atoms with Crippen molar-refractivity contribution in [1.29, 1.82) is 0 Å². The third kappa shape index (κ3) is 4.01. The van der Waals surface area contributed by atoms with E-state index in [0.29, 0.717) is 5.69 Å². The van der Waals surface area contributed by atoms with E-state index in [4.69, 9.17) is 5.73 Å². The number of anilines is 1. The molecule has 0 saturated carbocycles. The van der Waals surface area contributed by atoms with Crippen LogP contribution in [-0.2, 0) is 4.79 Å². The Balaban J connectivity index is 2.60. The predicted octanol–water partition coefficient (Wildman–Crippen LogP) is 2.14. The summed E-state index contributed by atoms with van der Waals surface area (Å²) in [7, 11) is 0. The third-order valence-corrected chi connectivity index (χ3v) is 3.83. The Labute approximate surface area is 112 Å². The molecule has 4 N–H and O–H groups in total. The van der Waals surface area contributed by atoms with Gasteiger partial charge < -0.3 is 16.4 Å². The molecule has 0 unspecified atom stereocenters. The fourth-order valence-electron chi connectivity index (χ4n) is 1.24. The summed E-state index contributed by atoms with van der Waals surface area (Å²) in [5, 5.41) is 8.82. The molecule has 0 aliphatic carbocycles. The maximum absolute atomic E-state index is 11.6. The van der Waals surface area contributed by atoms with Crippen LogP contribution in [0.15, 0.2) is 15.2 Å². The van der Waals surface area contributed by atoms with Gasteiger partial charge in [-0.05, 0) is 21.8 Å². The highest BCUT2D eigenvalue weighted by molar-refractivity contribution is 9.10. The molecule has 1 heterocycles. The zero-order chi connectivity index (χ0) is 13.0. The second kappa shape index (κ2) is 6.02. The van der Waals surface area contributed by atoms with Gasteiger partial charge in [-0.25, -0.2) is 4.79 Å². The normalized spacial score (nSPS) is 12.2. The average molecular weight is 320 g/mol. The zero-order valence-corrected chi connectivity index (χ0v) is 11.9. The minimum Gasteiger partial charge on any atom is -0.368 e. The first-order valence-electron chi connectivity index (χ1n) is 5.00. The summed E-state index contributed by atoms with van der Waals surface area (Å²) in [6.45, 7) is 3.63. The van der Waals surface area contributed by atoms with Crippen molar-refractivity contribution >= 4 is 44.9 Å². The van der Waals surface area contributed by atoms with Gasteiger partial charge in [-0.3, -0.25) is 4.79 Å². The Kier molecular flexibility index (Phi) is 4.95. The number of urea groups is 1. The molecule has 1 rings (SSSR count). The van der Waals surface area contributed by atoms with Crippen molar-refractivity contribution in [3.8, 4) is 0 Å². The van der Waals surface area contributed by atoms with Crippen LogP contribution in [0.3, 0.4) is 0 Å². The van der Waals surface area contributed by atoms with Crippen LogP contribution in [0.4, 0.5) is 10.5 Å². The molecule has 1 aromatic heterocycles. The van der Waals surface area contributed by atoms with Crippen molar-refractivity contribution < 1.29 is 9.59 Å². The van der Waals surface area contributed by atoms with E-state index in [2.05, 4.69) is 26.6 Å². The van der Waals surface area contributed by atoms with E-state index in [1.807, 2.05) is 19.2 Å². The first-order valence-corrected chi connectivity index (χ1v) is 6.74. The number of nitrogens with one attached hydrogen (secondary N) is 2. The van der Waals surface area contributed by atoms with Gasteiger partial charge in [0, 0.05) is 10.8 Å². The van der Waals surface area contributed by atoms with E-state index in [9.17, 15) is 9.59 Å². The summed E-state index contributed by atoms with van der Waals surface area (Å²) in [6.07, 6.45) is 0. The second-order valence-corrected chi connectivity index (χ2v) is 5.45. The molecule has 0 saturated heterocycles. The van der Waals surface area contributed by atoms with E-state index >= 15 is 0 Å². The number of amides is 3. The SMILES string of the molecule is CC(C)[C@H](NC(=O)Nc1cscc1Br)C(N)=O. The van der Waals surface area contributed by atoms with Gasteiger partial charge in [0.1, 0.15) is 6.04 Å². The summed E-state index contributed by atoms with van der Waals surface area (Å²) in [5.41, 5.74) is 5.87. The van der Waals surface area contributed by atoms with Crippen LogP contribution in [0.2, 0.25) is 0 Å². The summed E-state index contributed by atoms with van der Waals surface area (Å²) in [4.78, 5) is 22.8. The molecule has 1 aromatic rings. The fraction of sp³-hybridized carbons (Fsp3) is 0.400. The van der Waals surface area contributed by atoms with Gasteiger partial charge in [0.25, 0.3) is 0 Å². The molecule has 0 aliphatic heterocycles. The van der Waals surface area contributed by atoms with Crippen LogP contribution in [-0.4, -0.2) is 18.0 Å². The predicted molar refractivity (Wildman–Crippen MR) is 72.0 cm³/mol. The van der Waals surface area contributed by atoms with Gasteiger partial charge in [0.05, 0.1) is 10.2 Å². The standard InChI is InChI=1S/C10H14BrN3O2S/c1-5(2)8(9(12)15)14-10(16)13-7-4-17-3-6(7)11/h3-5,8H,1-2H3,(H2,12,15)(H2,13,14,16)/t8-/m0/s1. The summed E-state index contributed by atoms with van der Waals surface area (Å²) in [6, 6.07) is -1.12. The maximum atomic E-state index is 11.6. The van der Waals surface area contributed by atoms with Crippen molar-refractivity contribution in [3.05, 3.63) is 15.2 Å². The molecule has 0 aliphatic rings. The Bertz CT molecular complexity index is 419. The summed E-state index contributed by atoms with van der Waals surface area (Å²) in [5.74, 6) is -0.594. The van der Waals surface area contributed by atoms with Crippen LogP contribution in [0.25, 0.3) is 0 Å². The Morgan fingerprint density at radius 2 is 2.06 bits per heavy atom. The van der Waals surface area contributed by atoms with Crippen molar-refractivity contribution in [1.82, 2.24) is 5.32 Å². The lowest BCUT2D eigenvalue weighted by Gasteiger charge is -2.19. The second-order valence-electron chi connectivity index (χ2n) is 3.86. The summed E-state index contributed by atoms with van der Waals surface area (Å²) < 4.78 is 0.804. The fourth-order valence-corrected chi connectivity index (χ4v) is 2.56. The molecule has 17 heavy (non-hydrogen) atoms. The number of nitrogens with two attached hydrogens (primary N) is 1. The van der Waals surface area contributed by atoms with Crippen LogP contribution >= 0.6 is 27.3 Å². The highest BCUT2D eigenvalue weighted by Gasteiger charge is 2.21. The Hall–Kier alpha value is -1.08. The van der Waals surface area contributed by atoms with Gasteiger partial charge in [-0.2, -0.15) is 0 Å². The number of carbonyl (C=O) groups excluding carboxylic acids is 2. The molecule has 94 valence electrons. The number of primary amides is 1. The van der Waals surface area contributed by atoms with Crippen LogP contribution in [0, 0.1) is 5.92 Å². The number of rotatable bonds is 4. The van der Waals surface area contributed by atoms with E-state index in [-0.39, 0.29) is 5.92 Å². The van der Waals surface area contributed by atoms with Crippen molar-refractivity contribution in [2.24, 2.45) is 11.7 Å². The van der Waals surface area contributed by atoms with Gasteiger partial charge in [0.2, 0.25) is 5.91 Å². The number of carbonyl (C=O) groups is 2. The van der Waals surface area contributed by atoms with Gasteiger partial charge in [-0.15, -0.1) is 11.3 Å². The molecular formula is C10H14BrN3O2S. The monoisotopic (exact) mass is 319 g/mol. The smallest absolute Gasteiger partial charge is 0.319 e. The van der Waals surface area contributed by atoms with Gasteiger partial charge in [-0.1, -0.05) is 13.8 Å². The average Bonchev–Trinajstić information content (AvgIpc) is 2.60. The van der Waals surface area contributed by atoms with Crippen molar-refractivity contribution in [2.45, 2.75) is 19.9 Å².